The van der Waals surface area contributed by atoms with Crippen molar-refractivity contribution in [3.8, 4) is 0 Å². The molecular formula is C16H23NO5. The number of amides is 1. The zero-order valence-electron chi connectivity index (χ0n) is 13.3. The number of nitrogens with one attached hydrogen (secondary N) is 1. The molecule has 0 aliphatic carbocycles. The summed E-state index contributed by atoms with van der Waals surface area (Å²) in [5.74, 6) is -0.808. The van der Waals surface area contributed by atoms with Crippen molar-refractivity contribution in [2.75, 3.05) is 7.11 Å². The molecule has 0 radical (unpaired) electrons. The fraction of sp³-hybridized carbons (Fsp3) is 0.500. The number of hydrogen-bond donors (Lipinski definition) is 2. The Labute approximate surface area is 130 Å². The smallest absolute Gasteiger partial charge is 0.407 e. The Balaban J connectivity index is 2.82. The molecule has 1 aromatic rings. The Morgan fingerprint density at radius 2 is 1.82 bits per heavy atom. The van der Waals surface area contributed by atoms with Gasteiger partial charge in [0.25, 0.3) is 0 Å². The Kier molecular flexibility index (Phi) is 6.37. The Morgan fingerprint density at radius 1 is 1.23 bits per heavy atom. The number of hydrogen-bond acceptors (Lipinski definition) is 5. The minimum absolute atomic E-state index is 0.274. The topological polar surface area (TPSA) is 84.9 Å². The van der Waals surface area contributed by atoms with Gasteiger partial charge in [0.15, 0.2) is 6.10 Å². The third-order valence-corrected chi connectivity index (χ3v) is 2.82. The molecule has 0 aliphatic heterocycles. The van der Waals surface area contributed by atoms with E-state index in [2.05, 4.69) is 10.1 Å². The van der Waals surface area contributed by atoms with Crippen molar-refractivity contribution < 1.29 is 24.2 Å². The molecule has 122 valence electrons. The summed E-state index contributed by atoms with van der Waals surface area (Å²) in [6, 6.07) is 8.37. The standard InChI is InChI=1S/C16H23NO5/c1-16(2,3)22-15(20)17-12(13(18)14(19)21-4)10-11-8-6-5-7-9-11/h5-9,12-13,18H,10H2,1-4H3,(H,17,20). The fourth-order valence-corrected chi connectivity index (χ4v) is 1.85. The van der Waals surface area contributed by atoms with E-state index in [1.807, 2.05) is 30.3 Å². The molecule has 2 unspecified atom stereocenters. The van der Waals surface area contributed by atoms with Crippen molar-refractivity contribution >= 4 is 12.1 Å². The second kappa shape index (κ2) is 7.79. The maximum Gasteiger partial charge on any atom is 0.407 e. The molecule has 1 amide bonds. The molecule has 0 saturated carbocycles. The van der Waals surface area contributed by atoms with E-state index in [-0.39, 0.29) is 6.42 Å². The second-order valence-corrected chi connectivity index (χ2v) is 5.91. The first-order chi connectivity index (χ1) is 10.2. The van der Waals surface area contributed by atoms with Gasteiger partial charge in [-0.25, -0.2) is 9.59 Å². The maximum absolute atomic E-state index is 11.9. The molecule has 0 heterocycles. The third kappa shape index (κ3) is 6.13. The van der Waals surface area contributed by atoms with Crippen molar-refractivity contribution in [3.63, 3.8) is 0 Å². The number of esters is 1. The van der Waals surface area contributed by atoms with Gasteiger partial charge in [-0.1, -0.05) is 30.3 Å². The van der Waals surface area contributed by atoms with Crippen LogP contribution in [0.4, 0.5) is 4.79 Å². The molecule has 2 N–H and O–H groups in total. The van der Waals surface area contributed by atoms with Crippen LogP contribution >= 0.6 is 0 Å². The predicted octanol–water partition coefficient (Wildman–Crippen LogP) is 1.66. The highest BCUT2D eigenvalue weighted by molar-refractivity contribution is 5.77. The van der Waals surface area contributed by atoms with Crippen LogP contribution in [-0.4, -0.2) is 42.0 Å². The lowest BCUT2D eigenvalue weighted by Gasteiger charge is -2.25. The molecule has 6 nitrogen and oxygen atoms in total. The van der Waals surface area contributed by atoms with E-state index in [0.717, 1.165) is 5.56 Å². The second-order valence-electron chi connectivity index (χ2n) is 5.91. The van der Waals surface area contributed by atoms with Gasteiger partial charge in [0.1, 0.15) is 5.60 Å². The summed E-state index contributed by atoms with van der Waals surface area (Å²) in [5, 5.41) is 12.6. The van der Waals surface area contributed by atoms with E-state index in [1.165, 1.54) is 7.11 Å². The highest BCUT2D eigenvalue weighted by Gasteiger charge is 2.30. The molecule has 2 atom stereocenters. The van der Waals surface area contributed by atoms with Crippen LogP contribution in [0.3, 0.4) is 0 Å². The first kappa shape index (κ1) is 18.0. The van der Waals surface area contributed by atoms with Crippen LogP contribution in [0.15, 0.2) is 30.3 Å². The number of aliphatic hydroxyl groups excluding tert-OH is 1. The van der Waals surface area contributed by atoms with Crippen LogP contribution in [0.1, 0.15) is 26.3 Å². The van der Waals surface area contributed by atoms with Crippen molar-refractivity contribution in [3.05, 3.63) is 35.9 Å². The number of ether oxygens (including phenoxy) is 2. The number of methoxy groups -OCH3 is 1. The summed E-state index contributed by atoms with van der Waals surface area (Å²) in [5.41, 5.74) is 0.198. The van der Waals surface area contributed by atoms with Crippen LogP contribution in [0.25, 0.3) is 0 Å². The largest absolute Gasteiger partial charge is 0.467 e. The average molecular weight is 309 g/mol. The van der Waals surface area contributed by atoms with Crippen molar-refractivity contribution in [2.24, 2.45) is 0 Å². The summed E-state index contributed by atoms with van der Waals surface area (Å²) < 4.78 is 9.69. The number of rotatable bonds is 5. The lowest BCUT2D eigenvalue weighted by molar-refractivity contribution is -0.151. The molecule has 1 rings (SSSR count). The Hall–Kier alpha value is -2.08. The number of carbonyl (C=O) groups is 2. The van der Waals surface area contributed by atoms with Crippen LogP contribution in [-0.2, 0) is 20.7 Å². The zero-order valence-corrected chi connectivity index (χ0v) is 13.3. The molecule has 1 aromatic carbocycles. The minimum Gasteiger partial charge on any atom is -0.467 e. The van der Waals surface area contributed by atoms with Gasteiger partial charge in [-0.2, -0.15) is 0 Å². The van der Waals surface area contributed by atoms with Gasteiger partial charge in [0, 0.05) is 0 Å². The van der Waals surface area contributed by atoms with Crippen LogP contribution in [0.2, 0.25) is 0 Å². The lowest BCUT2D eigenvalue weighted by atomic mass is 10.0. The molecule has 0 spiro atoms. The lowest BCUT2D eigenvalue weighted by Crippen LogP contribution is -2.49. The maximum atomic E-state index is 11.9. The van der Waals surface area contributed by atoms with Gasteiger partial charge < -0.3 is 19.9 Å². The molecule has 0 aliphatic rings. The van der Waals surface area contributed by atoms with E-state index < -0.39 is 29.8 Å². The first-order valence-electron chi connectivity index (χ1n) is 7.02. The number of benzene rings is 1. The Morgan fingerprint density at radius 3 is 2.32 bits per heavy atom. The number of alkyl carbamates (subject to hydrolysis) is 1. The van der Waals surface area contributed by atoms with Crippen molar-refractivity contribution in [1.82, 2.24) is 5.32 Å². The fourth-order valence-electron chi connectivity index (χ4n) is 1.85. The van der Waals surface area contributed by atoms with E-state index in [9.17, 15) is 14.7 Å². The molecular weight excluding hydrogens is 286 g/mol. The molecule has 0 bridgehead atoms. The van der Waals surface area contributed by atoms with Crippen LogP contribution in [0.5, 0.6) is 0 Å². The van der Waals surface area contributed by atoms with Gasteiger partial charge in [0.05, 0.1) is 13.2 Å². The quantitative estimate of drug-likeness (QED) is 0.808. The van der Waals surface area contributed by atoms with Crippen LogP contribution < -0.4 is 5.32 Å². The van der Waals surface area contributed by atoms with Gasteiger partial charge in [-0.15, -0.1) is 0 Å². The van der Waals surface area contributed by atoms with Gasteiger partial charge in [-0.3, -0.25) is 0 Å². The monoisotopic (exact) mass is 309 g/mol. The van der Waals surface area contributed by atoms with E-state index in [4.69, 9.17) is 4.74 Å². The highest BCUT2D eigenvalue weighted by atomic mass is 16.6. The molecule has 0 aromatic heterocycles. The minimum atomic E-state index is -1.47. The van der Waals surface area contributed by atoms with Gasteiger partial charge in [0.2, 0.25) is 0 Å². The summed E-state index contributed by atoms with van der Waals surface area (Å²) in [6.45, 7) is 5.19. The van der Waals surface area contributed by atoms with E-state index in [1.54, 1.807) is 20.8 Å². The zero-order chi connectivity index (χ0) is 16.8. The average Bonchev–Trinajstić information content (AvgIpc) is 2.44. The molecule has 0 fully saturated rings. The normalized spacial score (nSPS) is 13.9. The van der Waals surface area contributed by atoms with Gasteiger partial charge in [-0.05, 0) is 32.8 Å². The Bertz CT molecular complexity index is 495. The van der Waals surface area contributed by atoms with Crippen LogP contribution in [0, 0.1) is 0 Å². The highest BCUT2D eigenvalue weighted by Crippen LogP contribution is 2.11. The molecule has 22 heavy (non-hydrogen) atoms. The summed E-state index contributed by atoms with van der Waals surface area (Å²) >= 11 is 0. The van der Waals surface area contributed by atoms with E-state index in [0.29, 0.717) is 0 Å². The van der Waals surface area contributed by atoms with Crippen molar-refractivity contribution in [2.45, 2.75) is 44.9 Å². The molecule has 0 saturated heterocycles. The predicted molar refractivity (Wildman–Crippen MR) is 81.3 cm³/mol. The third-order valence-electron chi connectivity index (χ3n) is 2.82. The number of aliphatic hydroxyl groups is 1. The summed E-state index contributed by atoms with van der Waals surface area (Å²) in [7, 11) is 1.18. The number of carbonyl (C=O) groups excluding carboxylic acids is 2. The summed E-state index contributed by atoms with van der Waals surface area (Å²) in [6.07, 6.45) is -1.90. The van der Waals surface area contributed by atoms with E-state index >= 15 is 0 Å². The first-order valence-corrected chi connectivity index (χ1v) is 7.02. The van der Waals surface area contributed by atoms with Gasteiger partial charge >= 0.3 is 12.1 Å². The SMILES string of the molecule is COC(=O)C(O)C(Cc1ccccc1)NC(=O)OC(C)(C)C. The molecule has 6 heteroatoms. The van der Waals surface area contributed by atoms with Crippen molar-refractivity contribution in [1.29, 1.82) is 0 Å². The summed E-state index contributed by atoms with van der Waals surface area (Å²) in [4.78, 5) is 23.4.